The Hall–Kier alpha value is -1.05. The molecule has 0 aliphatic rings. The van der Waals surface area contributed by atoms with Crippen LogP contribution in [0.15, 0.2) is 24.3 Å². The Morgan fingerprint density at radius 3 is 2.27 bits per heavy atom. The summed E-state index contributed by atoms with van der Waals surface area (Å²) in [6.07, 6.45) is -0.280. The molecule has 0 spiro atoms. The van der Waals surface area contributed by atoms with E-state index in [4.69, 9.17) is 9.63 Å². The highest BCUT2D eigenvalue weighted by Crippen LogP contribution is 2.50. The molecule has 0 saturated heterocycles. The fourth-order valence-electron chi connectivity index (χ4n) is 1.19. The van der Waals surface area contributed by atoms with Crippen LogP contribution in [0.1, 0.15) is 10.4 Å². The lowest BCUT2D eigenvalue weighted by Crippen LogP contribution is -2.07. The van der Waals surface area contributed by atoms with Crippen molar-refractivity contribution in [2.45, 2.75) is 0 Å². The smallest absolute Gasteiger partial charge is 0.472 e. The topological polar surface area (TPSA) is 129 Å². The van der Waals surface area contributed by atoms with E-state index in [0.29, 0.717) is 17.6 Å². The van der Waals surface area contributed by atoms with Crippen LogP contribution in [0.2, 0.25) is 0 Å². The third-order valence-corrected chi connectivity index (χ3v) is 4.49. The van der Waals surface area contributed by atoms with Gasteiger partial charge in [-0.05, 0) is 24.3 Å². The number of phosphoric ester groups is 1. The zero-order valence-corrected chi connectivity index (χ0v) is 13.4. The molecule has 1 rings (SSSR count). The van der Waals surface area contributed by atoms with Gasteiger partial charge in [0.25, 0.3) is 0 Å². The number of carbonyl (C=O) groups is 1. The molecule has 1 aromatic carbocycles. The molecule has 0 fully saturated rings. The maximum absolute atomic E-state index is 11.4. The maximum Gasteiger partial charge on any atom is 0.472 e. The second-order valence-electron chi connectivity index (χ2n) is 3.92. The summed E-state index contributed by atoms with van der Waals surface area (Å²) in [7, 11) is -7.56. The highest BCUT2D eigenvalue weighted by molar-refractivity contribution is 7.54. The summed E-state index contributed by atoms with van der Waals surface area (Å²) in [6.45, 7) is -0.346. The fourth-order valence-corrected chi connectivity index (χ4v) is 2.84. The SMILES string of the molecule is COP(=O)(O)COP(=O)(O)OCCOc1ccc(C=O)cc1. The zero-order valence-electron chi connectivity index (χ0n) is 11.7. The highest BCUT2D eigenvalue weighted by Gasteiger charge is 2.27. The van der Waals surface area contributed by atoms with Crippen molar-refractivity contribution >= 4 is 21.7 Å². The summed E-state index contributed by atoms with van der Waals surface area (Å²) < 4.78 is 40.7. The van der Waals surface area contributed by atoms with Crippen molar-refractivity contribution in [1.82, 2.24) is 0 Å². The molecule has 11 heteroatoms. The van der Waals surface area contributed by atoms with Gasteiger partial charge in [-0.1, -0.05) is 0 Å². The van der Waals surface area contributed by atoms with Gasteiger partial charge in [-0.3, -0.25) is 18.4 Å². The van der Waals surface area contributed by atoms with E-state index < -0.39 is 21.8 Å². The Balaban J connectivity index is 2.31. The van der Waals surface area contributed by atoms with Gasteiger partial charge in [-0.2, -0.15) is 0 Å². The molecular weight excluding hydrogens is 338 g/mol. The average Bonchev–Trinajstić information content (AvgIpc) is 2.50. The van der Waals surface area contributed by atoms with Gasteiger partial charge in [-0.25, -0.2) is 4.57 Å². The van der Waals surface area contributed by atoms with Crippen molar-refractivity contribution in [3.05, 3.63) is 29.8 Å². The van der Waals surface area contributed by atoms with Crippen LogP contribution in [0.4, 0.5) is 0 Å². The van der Waals surface area contributed by atoms with Gasteiger partial charge in [0.05, 0.1) is 6.61 Å². The first kappa shape index (κ1) is 19.0. The Morgan fingerprint density at radius 1 is 1.09 bits per heavy atom. The molecule has 0 saturated carbocycles. The minimum atomic E-state index is -4.47. The maximum atomic E-state index is 11.4. The number of aldehydes is 1. The minimum absolute atomic E-state index is 0.0601. The van der Waals surface area contributed by atoms with Crippen LogP contribution in [-0.2, 0) is 22.7 Å². The number of rotatable bonds is 10. The second-order valence-corrected chi connectivity index (χ2v) is 7.27. The van der Waals surface area contributed by atoms with E-state index >= 15 is 0 Å². The number of benzene rings is 1. The number of carbonyl (C=O) groups excluding carboxylic acids is 1. The Kier molecular flexibility index (Phi) is 7.38. The van der Waals surface area contributed by atoms with Crippen LogP contribution >= 0.6 is 15.4 Å². The van der Waals surface area contributed by atoms with E-state index in [9.17, 15) is 18.8 Å². The molecule has 2 N–H and O–H groups in total. The lowest BCUT2D eigenvalue weighted by molar-refractivity contribution is 0.112. The number of phosphoric acid groups is 1. The highest BCUT2D eigenvalue weighted by atomic mass is 31.2. The molecule has 0 aliphatic heterocycles. The number of ether oxygens (including phenoxy) is 1. The van der Waals surface area contributed by atoms with E-state index in [2.05, 4.69) is 13.6 Å². The second kappa shape index (κ2) is 8.55. The van der Waals surface area contributed by atoms with Crippen molar-refractivity contribution < 1.29 is 42.0 Å². The van der Waals surface area contributed by atoms with Crippen LogP contribution in [0.3, 0.4) is 0 Å². The summed E-state index contributed by atoms with van der Waals surface area (Å²) in [5.41, 5.74) is 0.489. The first-order chi connectivity index (χ1) is 10.3. The van der Waals surface area contributed by atoms with E-state index in [0.717, 1.165) is 7.11 Å². The largest absolute Gasteiger partial charge is 0.491 e. The molecule has 1 aromatic rings. The van der Waals surface area contributed by atoms with Gasteiger partial charge in [0.15, 0.2) is 6.35 Å². The Bertz CT molecular complexity index is 571. The monoisotopic (exact) mass is 354 g/mol. The Labute approximate surface area is 126 Å². The van der Waals surface area contributed by atoms with E-state index in [1.165, 1.54) is 0 Å². The molecule has 2 atom stereocenters. The summed E-state index contributed by atoms with van der Waals surface area (Å²) in [6, 6.07) is 6.21. The van der Waals surface area contributed by atoms with Crippen molar-refractivity contribution in [1.29, 1.82) is 0 Å². The van der Waals surface area contributed by atoms with Crippen LogP contribution in [0.5, 0.6) is 5.75 Å². The van der Waals surface area contributed by atoms with Gasteiger partial charge in [-0.15, -0.1) is 0 Å². The molecule has 0 aliphatic carbocycles. The number of hydrogen-bond acceptors (Lipinski definition) is 7. The molecule has 22 heavy (non-hydrogen) atoms. The molecule has 0 amide bonds. The quantitative estimate of drug-likeness (QED) is 0.367. The van der Waals surface area contributed by atoms with Gasteiger partial charge in [0.1, 0.15) is 18.6 Å². The summed E-state index contributed by atoms with van der Waals surface area (Å²) in [4.78, 5) is 28.8. The molecule has 0 radical (unpaired) electrons. The predicted molar refractivity (Wildman–Crippen MR) is 75.9 cm³/mol. The summed E-state index contributed by atoms with van der Waals surface area (Å²) in [5.74, 6) is 0.446. The molecule has 2 unspecified atom stereocenters. The summed E-state index contributed by atoms with van der Waals surface area (Å²) >= 11 is 0. The van der Waals surface area contributed by atoms with Gasteiger partial charge >= 0.3 is 15.4 Å². The first-order valence-corrected chi connectivity index (χ1v) is 9.21. The van der Waals surface area contributed by atoms with Crippen molar-refractivity contribution in [3.63, 3.8) is 0 Å². The third-order valence-electron chi connectivity index (χ3n) is 2.29. The molecule has 0 aromatic heterocycles. The lowest BCUT2D eigenvalue weighted by Gasteiger charge is -2.14. The lowest BCUT2D eigenvalue weighted by atomic mass is 10.2. The van der Waals surface area contributed by atoms with Crippen LogP contribution < -0.4 is 4.74 Å². The third kappa shape index (κ3) is 7.29. The van der Waals surface area contributed by atoms with Crippen molar-refractivity contribution in [3.8, 4) is 5.75 Å². The van der Waals surface area contributed by atoms with Crippen molar-refractivity contribution in [2.24, 2.45) is 0 Å². The van der Waals surface area contributed by atoms with Gasteiger partial charge < -0.3 is 19.0 Å². The molecular formula is C11H16O9P2. The average molecular weight is 354 g/mol. The normalized spacial score (nSPS) is 16.5. The van der Waals surface area contributed by atoms with E-state index in [1.807, 2.05) is 0 Å². The molecule has 124 valence electrons. The molecule has 9 nitrogen and oxygen atoms in total. The standard InChI is InChI=1S/C11H16O9P2/c1-17-21(13,14)9-20-22(15,16)19-7-6-18-11-4-2-10(8-12)3-5-11/h2-5,8H,6-7,9H2,1H3,(H,13,14)(H,15,16). The van der Waals surface area contributed by atoms with Crippen LogP contribution in [0.25, 0.3) is 0 Å². The van der Waals surface area contributed by atoms with Gasteiger partial charge in [0.2, 0.25) is 0 Å². The fraction of sp³-hybridized carbons (Fsp3) is 0.364. The van der Waals surface area contributed by atoms with Crippen molar-refractivity contribution in [2.75, 3.05) is 26.7 Å². The number of hydrogen-bond donors (Lipinski definition) is 2. The predicted octanol–water partition coefficient (Wildman–Crippen LogP) is 1.80. The molecule has 0 heterocycles. The van der Waals surface area contributed by atoms with E-state index in [1.54, 1.807) is 24.3 Å². The van der Waals surface area contributed by atoms with Crippen LogP contribution in [-0.4, -0.2) is 42.7 Å². The Morgan fingerprint density at radius 2 is 1.73 bits per heavy atom. The first-order valence-electron chi connectivity index (χ1n) is 5.95. The van der Waals surface area contributed by atoms with Gasteiger partial charge in [0, 0.05) is 12.7 Å². The molecule has 0 bridgehead atoms. The van der Waals surface area contributed by atoms with E-state index in [-0.39, 0.29) is 13.2 Å². The minimum Gasteiger partial charge on any atom is -0.491 e. The zero-order chi connectivity index (χ0) is 16.6. The summed E-state index contributed by atoms with van der Waals surface area (Å²) in [5, 5.41) is 0. The van der Waals surface area contributed by atoms with Crippen LogP contribution in [0, 0.1) is 0 Å².